The number of rotatable bonds is 6. The predicted octanol–water partition coefficient (Wildman–Crippen LogP) is 3.65. The summed E-state index contributed by atoms with van der Waals surface area (Å²) in [5.41, 5.74) is 2.13. The lowest BCUT2D eigenvalue weighted by Gasteiger charge is -2.28. The van der Waals surface area contributed by atoms with Gasteiger partial charge < -0.3 is 15.5 Å². The van der Waals surface area contributed by atoms with Crippen molar-refractivity contribution in [1.82, 2.24) is 30.0 Å². The monoisotopic (exact) mass is 464 g/mol. The fourth-order valence-corrected chi connectivity index (χ4v) is 3.99. The number of nitrogens with zero attached hydrogens (tertiary/aromatic N) is 6. The van der Waals surface area contributed by atoms with E-state index in [1.54, 1.807) is 37.4 Å². The van der Waals surface area contributed by atoms with E-state index in [4.69, 9.17) is 16.9 Å². The minimum absolute atomic E-state index is 0.316. The highest BCUT2D eigenvalue weighted by atomic mass is 35.5. The largest absolute Gasteiger partial charge is 0.337 e. The number of hydrogen-bond acceptors (Lipinski definition) is 7. The van der Waals surface area contributed by atoms with Gasteiger partial charge in [-0.25, -0.2) is 9.97 Å². The van der Waals surface area contributed by atoms with Gasteiger partial charge >= 0.3 is 0 Å². The number of nitrogens with one attached hydrogen (secondary N) is 2. The van der Waals surface area contributed by atoms with Gasteiger partial charge in [0.25, 0.3) is 5.91 Å². The normalized spacial score (nSPS) is 15.6. The number of aromatic nitrogens is 4. The fourth-order valence-electron chi connectivity index (χ4n) is 3.80. The molecule has 10 heteroatoms. The van der Waals surface area contributed by atoms with Gasteiger partial charge in [0.15, 0.2) is 0 Å². The van der Waals surface area contributed by atoms with Crippen LogP contribution in [-0.2, 0) is 0 Å². The molecular formula is C23H25ClN8O. The highest BCUT2D eigenvalue weighted by Crippen LogP contribution is 2.30. The van der Waals surface area contributed by atoms with E-state index in [0.717, 1.165) is 31.6 Å². The Labute approximate surface area is 197 Å². The standard InChI is InChI=1S/C23H25ClN8O/c1-15(11-25)28-22(33)19-6-4-3-5-18(19)21-20(24)13-26-23(30-21)29-16-12-27-32(14-16)17-7-9-31(2)10-8-17/h3-6,12-15,17H,7-10H2,1-2H3,(H,28,33)(H,26,29,30). The first-order valence-electron chi connectivity index (χ1n) is 10.8. The van der Waals surface area contributed by atoms with E-state index in [0.29, 0.717) is 33.8 Å². The van der Waals surface area contributed by atoms with Crippen LogP contribution >= 0.6 is 11.6 Å². The van der Waals surface area contributed by atoms with E-state index in [1.165, 1.54) is 6.20 Å². The Balaban J connectivity index is 1.56. The molecule has 1 amide bonds. The summed E-state index contributed by atoms with van der Waals surface area (Å²) in [4.78, 5) is 23.9. The van der Waals surface area contributed by atoms with Gasteiger partial charge in [-0.3, -0.25) is 9.48 Å². The zero-order valence-corrected chi connectivity index (χ0v) is 19.3. The molecule has 9 nitrogen and oxygen atoms in total. The van der Waals surface area contributed by atoms with Gasteiger partial charge in [-0.1, -0.05) is 29.8 Å². The Kier molecular flexibility index (Phi) is 6.87. The average Bonchev–Trinajstić information content (AvgIpc) is 3.29. The number of carbonyl (C=O) groups is 1. The van der Waals surface area contributed by atoms with E-state index in [2.05, 4.69) is 37.6 Å². The van der Waals surface area contributed by atoms with Crippen molar-refractivity contribution in [3.05, 3.63) is 53.4 Å². The van der Waals surface area contributed by atoms with Crippen molar-refractivity contribution in [3.8, 4) is 17.3 Å². The predicted molar refractivity (Wildman–Crippen MR) is 126 cm³/mol. The second-order valence-electron chi connectivity index (χ2n) is 8.13. The fraction of sp³-hybridized carbons (Fsp3) is 0.348. The molecule has 33 heavy (non-hydrogen) atoms. The van der Waals surface area contributed by atoms with Crippen molar-refractivity contribution in [2.24, 2.45) is 0 Å². The van der Waals surface area contributed by atoms with Crippen molar-refractivity contribution in [3.63, 3.8) is 0 Å². The van der Waals surface area contributed by atoms with E-state index >= 15 is 0 Å². The zero-order chi connectivity index (χ0) is 23.4. The van der Waals surface area contributed by atoms with Crippen LogP contribution in [0, 0.1) is 11.3 Å². The van der Waals surface area contributed by atoms with Crippen molar-refractivity contribution < 1.29 is 4.79 Å². The minimum Gasteiger partial charge on any atom is -0.337 e. The summed E-state index contributed by atoms with van der Waals surface area (Å²) in [7, 11) is 2.13. The SMILES string of the molecule is CC(C#N)NC(=O)c1ccccc1-c1nc(Nc2cnn(C3CCN(C)CC3)c2)ncc1Cl. The van der Waals surface area contributed by atoms with Crippen LogP contribution in [-0.4, -0.2) is 56.7 Å². The molecule has 3 heterocycles. The molecule has 1 unspecified atom stereocenters. The van der Waals surface area contributed by atoms with Crippen molar-refractivity contribution in [2.75, 3.05) is 25.5 Å². The molecule has 1 aliphatic heterocycles. The first-order chi connectivity index (χ1) is 15.9. The van der Waals surface area contributed by atoms with E-state index in [1.807, 2.05) is 16.9 Å². The Morgan fingerprint density at radius 2 is 2.03 bits per heavy atom. The Morgan fingerprint density at radius 1 is 1.27 bits per heavy atom. The van der Waals surface area contributed by atoms with Gasteiger partial charge in [-0.2, -0.15) is 10.4 Å². The molecule has 0 aliphatic carbocycles. The minimum atomic E-state index is -0.621. The number of anilines is 2. The van der Waals surface area contributed by atoms with Gasteiger partial charge in [-0.05, 0) is 46.0 Å². The van der Waals surface area contributed by atoms with Crippen LogP contribution in [0.4, 0.5) is 11.6 Å². The third-order valence-corrected chi connectivity index (χ3v) is 5.91. The van der Waals surface area contributed by atoms with E-state index < -0.39 is 6.04 Å². The highest BCUT2D eigenvalue weighted by molar-refractivity contribution is 6.33. The number of benzene rings is 1. The first kappa shape index (κ1) is 22.7. The molecule has 0 saturated carbocycles. The maximum atomic E-state index is 12.7. The van der Waals surface area contributed by atoms with Crippen LogP contribution in [0.15, 0.2) is 42.9 Å². The molecule has 3 aromatic rings. The molecule has 4 rings (SSSR count). The Hall–Kier alpha value is -3.48. The van der Waals surface area contributed by atoms with Crippen LogP contribution in [0.3, 0.4) is 0 Å². The summed E-state index contributed by atoms with van der Waals surface area (Å²) in [6.45, 7) is 3.72. The van der Waals surface area contributed by atoms with Gasteiger partial charge in [0, 0.05) is 17.3 Å². The van der Waals surface area contributed by atoms with Crippen LogP contribution in [0.25, 0.3) is 11.3 Å². The summed E-state index contributed by atoms with van der Waals surface area (Å²) in [6.07, 6.45) is 7.32. The first-order valence-corrected chi connectivity index (χ1v) is 11.1. The van der Waals surface area contributed by atoms with Crippen molar-refractivity contribution >= 4 is 29.1 Å². The quantitative estimate of drug-likeness (QED) is 0.572. The molecular weight excluding hydrogens is 440 g/mol. The topological polar surface area (TPSA) is 112 Å². The molecule has 0 bridgehead atoms. The number of piperidine rings is 1. The summed E-state index contributed by atoms with van der Waals surface area (Å²) in [5, 5.41) is 19.7. The second-order valence-corrected chi connectivity index (χ2v) is 8.54. The molecule has 0 radical (unpaired) electrons. The lowest BCUT2D eigenvalue weighted by atomic mass is 10.0. The van der Waals surface area contributed by atoms with Gasteiger partial charge in [0.1, 0.15) is 6.04 Å². The highest BCUT2D eigenvalue weighted by Gasteiger charge is 2.20. The summed E-state index contributed by atoms with van der Waals surface area (Å²) >= 11 is 6.40. The van der Waals surface area contributed by atoms with Crippen LogP contribution < -0.4 is 10.6 Å². The molecule has 1 fully saturated rings. The van der Waals surface area contributed by atoms with Crippen molar-refractivity contribution in [1.29, 1.82) is 5.26 Å². The van der Waals surface area contributed by atoms with Crippen LogP contribution in [0.1, 0.15) is 36.2 Å². The maximum Gasteiger partial charge on any atom is 0.252 e. The van der Waals surface area contributed by atoms with Gasteiger partial charge in [0.2, 0.25) is 5.95 Å². The summed E-state index contributed by atoms with van der Waals surface area (Å²) in [6, 6.07) is 8.74. The number of amides is 1. The van der Waals surface area contributed by atoms with Crippen LogP contribution in [0.5, 0.6) is 0 Å². The molecule has 1 aromatic carbocycles. The molecule has 1 atom stereocenters. The third kappa shape index (κ3) is 5.30. The second kappa shape index (κ2) is 9.98. The number of halogens is 1. The number of nitriles is 1. The number of likely N-dealkylation sites (tertiary alicyclic amines) is 1. The van der Waals surface area contributed by atoms with E-state index in [9.17, 15) is 4.79 Å². The Morgan fingerprint density at radius 3 is 2.79 bits per heavy atom. The summed E-state index contributed by atoms with van der Waals surface area (Å²) < 4.78 is 1.99. The van der Waals surface area contributed by atoms with E-state index in [-0.39, 0.29) is 5.91 Å². The smallest absolute Gasteiger partial charge is 0.252 e. The maximum absolute atomic E-state index is 12.7. The number of hydrogen-bond donors (Lipinski definition) is 2. The average molecular weight is 465 g/mol. The Bertz CT molecular complexity index is 1180. The molecule has 2 N–H and O–H groups in total. The molecule has 1 aliphatic rings. The zero-order valence-electron chi connectivity index (χ0n) is 18.5. The molecule has 170 valence electrons. The van der Waals surface area contributed by atoms with Crippen molar-refractivity contribution in [2.45, 2.75) is 31.8 Å². The molecule has 1 saturated heterocycles. The number of carbonyl (C=O) groups excluding carboxylic acids is 1. The van der Waals surface area contributed by atoms with Gasteiger partial charge in [-0.15, -0.1) is 0 Å². The molecule has 0 spiro atoms. The molecule has 2 aromatic heterocycles. The van der Waals surface area contributed by atoms with Crippen LogP contribution in [0.2, 0.25) is 5.02 Å². The third-order valence-electron chi connectivity index (χ3n) is 5.63. The lowest BCUT2D eigenvalue weighted by molar-refractivity contribution is 0.0948. The lowest BCUT2D eigenvalue weighted by Crippen LogP contribution is -2.31. The van der Waals surface area contributed by atoms with Gasteiger partial charge in [0.05, 0.1) is 40.9 Å². The summed E-state index contributed by atoms with van der Waals surface area (Å²) in [5.74, 6) is -0.0267.